The molecule has 2 heteroatoms. The van der Waals surface area contributed by atoms with Crippen LogP contribution in [0.5, 0.6) is 0 Å². The van der Waals surface area contributed by atoms with E-state index in [-0.39, 0.29) is 0 Å². The second-order valence-corrected chi connectivity index (χ2v) is 3.27. The molecule has 13 heavy (non-hydrogen) atoms. The highest BCUT2D eigenvalue weighted by Crippen LogP contribution is 2.06. The lowest BCUT2D eigenvalue weighted by Gasteiger charge is -2.02. The second kappa shape index (κ2) is 5.73. The predicted molar refractivity (Wildman–Crippen MR) is 56.3 cm³/mol. The summed E-state index contributed by atoms with van der Waals surface area (Å²) in [6, 6.07) is 8.77. The van der Waals surface area contributed by atoms with E-state index in [1.807, 2.05) is 0 Å². The van der Waals surface area contributed by atoms with Crippen molar-refractivity contribution in [2.24, 2.45) is 5.84 Å². The van der Waals surface area contributed by atoms with Crippen molar-refractivity contribution in [3.63, 3.8) is 0 Å². The Kier molecular flexibility index (Phi) is 4.50. The summed E-state index contributed by atoms with van der Waals surface area (Å²) in [6.07, 6.45) is 3.39. The Balaban J connectivity index is 2.48. The Labute approximate surface area is 80.1 Å². The summed E-state index contributed by atoms with van der Waals surface area (Å²) in [5, 5.41) is 0. The zero-order valence-electron chi connectivity index (χ0n) is 8.22. The lowest BCUT2D eigenvalue weighted by atomic mass is 10.1. The third-order valence-electron chi connectivity index (χ3n) is 2.12. The number of aryl methyl sites for hydroxylation is 1. The molecular weight excluding hydrogens is 160 g/mol. The van der Waals surface area contributed by atoms with E-state index >= 15 is 0 Å². The lowest BCUT2D eigenvalue weighted by Crippen LogP contribution is -2.24. The van der Waals surface area contributed by atoms with Gasteiger partial charge in [0.25, 0.3) is 0 Å². The molecule has 1 rings (SSSR count). The van der Waals surface area contributed by atoms with Crippen LogP contribution in [0.2, 0.25) is 0 Å². The molecule has 0 saturated heterocycles. The van der Waals surface area contributed by atoms with Gasteiger partial charge in [-0.05, 0) is 24.0 Å². The summed E-state index contributed by atoms with van der Waals surface area (Å²) in [5.74, 6) is 5.20. The minimum absolute atomic E-state index is 0.840. The van der Waals surface area contributed by atoms with Gasteiger partial charge in [0, 0.05) is 6.54 Å². The fourth-order valence-electron chi connectivity index (χ4n) is 1.38. The molecule has 0 radical (unpaired) electrons. The van der Waals surface area contributed by atoms with Crippen molar-refractivity contribution >= 4 is 0 Å². The SMILES string of the molecule is CCCc1ccc(CCNN)cc1. The minimum atomic E-state index is 0.840. The molecule has 0 bridgehead atoms. The van der Waals surface area contributed by atoms with Gasteiger partial charge in [0.2, 0.25) is 0 Å². The van der Waals surface area contributed by atoms with Crippen LogP contribution >= 0.6 is 0 Å². The molecule has 0 saturated carbocycles. The number of hydrogen-bond acceptors (Lipinski definition) is 2. The van der Waals surface area contributed by atoms with Gasteiger partial charge in [-0.25, -0.2) is 0 Å². The normalized spacial score (nSPS) is 10.3. The lowest BCUT2D eigenvalue weighted by molar-refractivity contribution is 0.728. The highest BCUT2D eigenvalue weighted by Gasteiger charge is 1.93. The molecule has 1 aromatic rings. The van der Waals surface area contributed by atoms with Gasteiger partial charge in [0.15, 0.2) is 0 Å². The monoisotopic (exact) mass is 178 g/mol. The molecule has 0 fully saturated rings. The molecule has 3 N–H and O–H groups in total. The third kappa shape index (κ3) is 3.57. The van der Waals surface area contributed by atoms with Crippen molar-refractivity contribution in [2.75, 3.05) is 6.54 Å². The molecule has 0 heterocycles. The zero-order valence-corrected chi connectivity index (χ0v) is 8.22. The molecule has 0 aliphatic carbocycles. The highest BCUT2D eigenvalue weighted by atomic mass is 15.2. The van der Waals surface area contributed by atoms with Gasteiger partial charge in [0.05, 0.1) is 0 Å². The van der Waals surface area contributed by atoms with Crippen LogP contribution in [-0.2, 0) is 12.8 Å². The highest BCUT2D eigenvalue weighted by molar-refractivity contribution is 5.22. The number of hydrogen-bond donors (Lipinski definition) is 2. The van der Waals surface area contributed by atoms with Crippen molar-refractivity contribution in [1.29, 1.82) is 0 Å². The molecule has 0 atom stereocenters. The first-order valence-electron chi connectivity index (χ1n) is 4.88. The van der Waals surface area contributed by atoms with Crippen LogP contribution in [0.1, 0.15) is 24.5 Å². The molecule has 0 spiro atoms. The van der Waals surface area contributed by atoms with Crippen LogP contribution < -0.4 is 11.3 Å². The quantitative estimate of drug-likeness (QED) is 0.531. The van der Waals surface area contributed by atoms with Gasteiger partial charge in [0.1, 0.15) is 0 Å². The van der Waals surface area contributed by atoms with E-state index < -0.39 is 0 Å². The summed E-state index contributed by atoms with van der Waals surface area (Å²) in [7, 11) is 0. The average molecular weight is 178 g/mol. The Morgan fingerprint density at radius 3 is 2.08 bits per heavy atom. The van der Waals surface area contributed by atoms with Crippen molar-refractivity contribution in [3.8, 4) is 0 Å². The number of hydrazine groups is 1. The summed E-state index contributed by atoms with van der Waals surface area (Å²) >= 11 is 0. The molecule has 0 aliphatic heterocycles. The third-order valence-corrected chi connectivity index (χ3v) is 2.12. The smallest absolute Gasteiger partial charge is 0.0138 e. The van der Waals surface area contributed by atoms with Gasteiger partial charge >= 0.3 is 0 Å². The summed E-state index contributed by atoms with van der Waals surface area (Å²) in [4.78, 5) is 0. The van der Waals surface area contributed by atoms with E-state index in [9.17, 15) is 0 Å². The van der Waals surface area contributed by atoms with E-state index in [4.69, 9.17) is 5.84 Å². The zero-order chi connectivity index (χ0) is 9.52. The molecule has 0 unspecified atom stereocenters. The second-order valence-electron chi connectivity index (χ2n) is 3.27. The van der Waals surface area contributed by atoms with Crippen LogP contribution in [0.4, 0.5) is 0 Å². The molecule has 72 valence electrons. The van der Waals surface area contributed by atoms with E-state index in [0.29, 0.717) is 0 Å². The first-order chi connectivity index (χ1) is 6.36. The summed E-state index contributed by atoms with van der Waals surface area (Å²) < 4.78 is 0. The van der Waals surface area contributed by atoms with E-state index in [2.05, 4.69) is 36.6 Å². The number of rotatable bonds is 5. The standard InChI is InChI=1S/C11H18N2/c1-2-3-10-4-6-11(7-5-10)8-9-13-12/h4-7,13H,2-3,8-9,12H2,1H3. The number of nitrogens with two attached hydrogens (primary N) is 1. The first-order valence-corrected chi connectivity index (χ1v) is 4.88. The molecule has 1 aromatic carbocycles. The van der Waals surface area contributed by atoms with Gasteiger partial charge < -0.3 is 0 Å². The van der Waals surface area contributed by atoms with Crippen molar-refractivity contribution in [1.82, 2.24) is 5.43 Å². The number of nitrogens with one attached hydrogen (secondary N) is 1. The maximum absolute atomic E-state index is 5.20. The van der Waals surface area contributed by atoms with Crippen LogP contribution in [0.3, 0.4) is 0 Å². The minimum Gasteiger partial charge on any atom is -0.271 e. The largest absolute Gasteiger partial charge is 0.271 e. The summed E-state index contributed by atoms with van der Waals surface area (Å²) in [5.41, 5.74) is 5.42. The summed E-state index contributed by atoms with van der Waals surface area (Å²) in [6.45, 7) is 3.04. The van der Waals surface area contributed by atoms with Gasteiger partial charge in [-0.2, -0.15) is 0 Å². The Hall–Kier alpha value is -0.860. The fraction of sp³-hybridized carbons (Fsp3) is 0.455. The molecule has 0 aromatic heterocycles. The van der Waals surface area contributed by atoms with E-state index in [1.54, 1.807) is 0 Å². The van der Waals surface area contributed by atoms with E-state index in [0.717, 1.165) is 13.0 Å². The maximum atomic E-state index is 5.20. The molecule has 0 amide bonds. The van der Waals surface area contributed by atoms with Gasteiger partial charge in [-0.3, -0.25) is 11.3 Å². The first kappa shape index (κ1) is 10.2. The van der Waals surface area contributed by atoms with Crippen LogP contribution in [0, 0.1) is 0 Å². The Morgan fingerprint density at radius 1 is 1.08 bits per heavy atom. The molecule has 2 nitrogen and oxygen atoms in total. The van der Waals surface area contributed by atoms with Crippen molar-refractivity contribution < 1.29 is 0 Å². The average Bonchev–Trinajstić information content (AvgIpc) is 2.17. The predicted octanol–water partition coefficient (Wildman–Crippen LogP) is 1.64. The van der Waals surface area contributed by atoms with E-state index in [1.165, 1.54) is 24.0 Å². The number of benzene rings is 1. The van der Waals surface area contributed by atoms with Crippen molar-refractivity contribution in [2.45, 2.75) is 26.2 Å². The fourth-order valence-corrected chi connectivity index (χ4v) is 1.38. The Bertz CT molecular complexity index is 228. The van der Waals surface area contributed by atoms with Crippen molar-refractivity contribution in [3.05, 3.63) is 35.4 Å². The van der Waals surface area contributed by atoms with Gasteiger partial charge in [-0.15, -0.1) is 0 Å². The van der Waals surface area contributed by atoms with Crippen LogP contribution in [0.25, 0.3) is 0 Å². The van der Waals surface area contributed by atoms with Gasteiger partial charge in [-0.1, -0.05) is 37.6 Å². The molecular formula is C11H18N2. The van der Waals surface area contributed by atoms with Crippen LogP contribution in [0.15, 0.2) is 24.3 Å². The molecule has 0 aliphatic rings. The maximum Gasteiger partial charge on any atom is 0.0138 e. The topological polar surface area (TPSA) is 38.0 Å². The van der Waals surface area contributed by atoms with Crippen LogP contribution in [-0.4, -0.2) is 6.54 Å². The Morgan fingerprint density at radius 2 is 1.62 bits per heavy atom.